The van der Waals surface area contributed by atoms with Gasteiger partial charge in [0.05, 0.1) is 11.2 Å². The number of nitrogens with zero attached hydrogens (tertiary/aromatic N) is 4. The maximum atomic E-state index is 5.91. The fourth-order valence-electron chi connectivity index (χ4n) is 1.65. The summed E-state index contributed by atoms with van der Waals surface area (Å²) < 4.78 is 7.06. The number of aryl methyl sites for hydroxylation is 1. The highest BCUT2D eigenvalue weighted by molar-refractivity contribution is 5.22. The highest BCUT2D eigenvalue weighted by Gasteiger charge is 2.22. The van der Waals surface area contributed by atoms with E-state index in [1.807, 2.05) is 32.4 Å². The van der Waals surface area contributed by atoms with Crippen LogP contribution in [0.15, 0.2) is 4.52 Å². The summed E-state index contributed by atoms with van der Waals surface area (Å²) in [6, 6.07) is 0. The van der Waals surface area contributed by atoms with Crippen molar-refractivity contribution in [2.75, 3.05) is 0 Å². The van der Waals surface area contributed by atoms with Gasteiger partial charge in [-0.05, 0) is 40.2 Å². The molecule has 6 heteroatoms. The third-order valence-corrected chi connectivity index (χ3v) is 3.07. The van der Waals surface area contributed by atoms with E-state index in [1.54, 1.807) is 0 Å². The van der Waals surface area contributed by atoms with Crippen molar-refractivity contribution in [1.82, 2.24) is 19.9 Å². The molecule has 0 aliphatic heterocycles. The molecule has 0 spiro atoms. The number of hydrogen-bond donors (Lipinski definition) is 1. The van der Waals surface area contributed by atoms with Crippen LogP contribution in [-0.4, -0.2) is 19.9 Å². The van der Waals surface area contributed by atoms with Gasteiger partial charge >= 0.3 is 0 Å². The van der Waals surface area contributed by atoms with Crippen molar-refractivity contribution in [1.29, 1.82) is 0 Å². The van der Waals surface area contributed by atoms with Gasteiger partial charge in [-0.3, -0.25) is 4.68 Å². The maximum Gasteiger partial charge on any atom is 0.248 e. The highest BCUT2D eigenvalue weighted by atomic mass is 16.5. The third-order valence-electron chi connectivity index (χ3n) is 3.07. The first-order chi connectivity index (χ1) is 8.29. The summed E-state index contributed by atoms with van der Waals surface area (Å²) in [7, 11) is 0. The van der Waals surface area contributed by atoms with E-state index in [1.165, 1.54) is 5.56 Å². The lowest BCUT2D eigenvalue weighted by atomic mass is 10.1. The predicted octanol–water partition coefficient (Wildman–Crippen LogP) is 1.43. The van der Waals surface area contributed by atoms with Gasteiger partial charge in [-0.1, -0.05) is 5.16 Å². The summed E-state index contributed by atoms with van der Waals surface area (Å²) in [6.45, 7) is 10.2. The summed E-state index contributed by atoms with van der Waals surface area (Å²) in [6.07, 6.45) is 0. The summed E-state index contributed by atoms with van der Waals surface area (Å²) in [5.41, 5.74) is 8.64. The molecule has 98 valence electrons. The summed E-state index contributed by atoms with van der Waals surface area (Å²) in [5.74, 6) is 1.03. The van der Waals surface area contributed by atoms with Crippen molar-refractivity contribution in [2.45, 2.75) is 46.7 Å². The van der Waals surface area contributed by atoms with Gasteiger partial charge in [0.1, 0.15) is 6.54 Å². The number of aromatic nitrogens is 4. The Labute approximate surface area is 106 Å². The molecule has 0 saturated heterocycles. The Morgan fingerprint density at radius 3 is 2.39 bits per heavy atom. The normalized spacial score (nSPS) is 12.1. The minimum atomic E-state index is -0.591. The second-order valence-corrected chi connectivity index (χ2v) is 5.19. The van der Waals surface area contributed by atoms with Gasteiger partial charge in [0.25, 0.3) is 0 Å². The van der Waals surface area contributed by atoms with Gasteiger partial charge < -0.3 is 10.3 Å². The molecule has 6 nitrogen and oxygen atoms in total. The van der Waals surface area contributed by atoms with Crippen LogP contribution in [0, 0.1) is 20.8 Å². The first-order valence-corrected chi connectivity index (χ1v) is 5.91. The topological polar surface area (TPSA) is 82.8 Å². The van der Waals surface area contributed by atoms with E-state index >= 15 is 0 Å². The molecule has 0 aromatic carbocycles. The molecular weight excluding hydrogens is 230 g/mol. The smallest absolute Gasteiger partial charge is 0.248 e. The predicted molar refractivity (Wildman–Crippen MR) is 67.1 cm³/mol. The fraction of sp³-hybridized carbons (Fsp3) is 0.583. The van der Waals surface area contributed by atoms with Crippen LogP contribution in [-0.2, 0) is 12.1 Å². The molecule has 0 aliphatic rings. The van der Waals surface area contributed by atoms with E-state index < -0.39 is 5.54 Å². The van der Waals surface area contributed by atoms with Crippen molar-refractivity contribution < 1.29 is 4.52 Å². The number of rotatable bonds is 3. The van der Waals surface area contributed by atoms with Crippen molar-refractivity contribution >= 4 is 0 Å². The van der Waals surface area contributed by atoms with Gasteiger partial charge in [0, 0.05) is 5.69 Å². The molecular formula is C12H19N5O. The Balaban J connectivity index is 2.24. The van der Waals surface area contributed by atoms with Crippen LogP contribution < -0.4 is 5.73 Å². The average molecular weight is 249 g/mol. The standard InChI is InChI=1S/C12H19N5O/c1-7-8(2)15-17(9(7)3)6-10-14-11(16-18-10)12(4,5)13/h6,13H2,1-5H3. The SMILES string of the molecule is Cc1nn(Cc2nc(C(C)(C)N)no2)c(C)c1C. The van der Waals surface area contributed by atoms with Crippen LogP contribution in [0.1, 0.15) is 42.5 Å². The van der Waals surface area contributed by atoms with Gasteiger partial charge in [-0.25, -0.2) is 0 Å². The summed E-state index contributed by atoms with van der Waals surface area (Å²) in [5, 5.41) is 8.32. The monoisotopic (exact) mass is 249 g/mol. The van der Waals surface area contributed by atoms with Crippen molar-refractivity contribution in [3.63, 3.8) is 0 Å². The Morgan fingerprint density at radius 1 is 1.28 bits per heavy atom. The van der Waals surface area contributed by atoms with Crippen LogP contribution in [0.2, 0.25) is 0 Å². The van der Waals surface area contributed by atoms with Gasteiger partial charge in [-0.15, -0.1) is 0 Å². The van der Waals surface area contributed by atoms with Gasteiger partial charge in [0.15, 0.2) is 5.82 Å². The molecule has 0 saturated carbocycles. The molecule has 2 aromatic heterocycles. The molecule has 2 rings (SSSR count). The lowest BCUT2D eigenvalue weighted by molar-refractivity contribution is 0.350. The van der Waals surface area contributed by atoms with E-state index in [2.05, 4.69) is 22.2 Å². The van der Waals surface area contributed by atoms with Crippen LogP contribution in [0.4, 0.5) is 0 Å². The Morgan fingerprint density at radius 2 is 1.94 bits per heavy atom. The molecule has 2 aromatic rings. The largest absolute Gasteiger partial charge is 0.337 e. The van der Waals surface area contributed by atoms with Gasteiger partial charge in [-0.2, -0.15) is 10.1 Å². The molecule has 0 fully saturated rings. The van der Waals surface area contributed by atoms with E-state index in [4.69, 9.17) is 10.3 Å². The quantitative estimate of drug-likeness (QED) is 0.889. The average Bonchev–Trinajstić information content (AvgIpc) is 2.81. The van der Waals surface area contributed by atoms with Crippen LogP contribution >= 0.6 is 0 Å². The number of hydrogen-bond acceptors (Lipinski definition) is 5. The molecule has 18 heavy (non-hydrogen) atoms. The minimum absolute atomic E-state index is 0.476. The van der Waals surface area contributed by atoms with Crippen LogP contribution in [0.5, 0.6) is 0 Å². The van der Waals surface area contributed by atoms with E-state index in [0.717, 1.165) is 11.4 Å². The summed E-state index contributed by atoms with van der Waals surface area (Å²) >= 11 is 0. The van der Waals surface area contributed by atoms with Crippen molar-refractivity contribution in [2.24, 2.45) is 5.73 Å². The maximum absolute atomic E-state index is 5.91. The van der Waals surface area contributed by atoms with E-state index in [9.17, 15) is 0 Å². The zero-order chi connectivity index (χ0) is 13.5. The second kappa shape index (κ2) is 4.20. The molecule has 0 unspecified atom stereocenters. The first kappa shape index (κ1) is 12.8. The summed E-state index contributed by atoms with van der Waals surface area (Å²) in [4.78, 5) is 4.29. The van der Waals surface area contributed by atoms with E-state index in [0.29, 0.717) is 18.3 Å². The Bertz CT molecular complexity index is 562. The third kappa shape index (κ3) is 2.28. The van der Waals surface area contributed by atoms with Crippen LogP contribution in [0.3, 0.4) is 0 Å². The van der Waals surface area contributed by atoms with Crippen molar-refractivity contribution in [3.8, 4) is 0 Å². The number of nitrogens with two attached hydrogens (primary N) is 1. The molecule has 0 bridgehead atoms. The molecule has 2 heterocycles. The molecule has 0 radical (unpaired) electrons. The fourth-order valence-corrected chi connectivity index (χ4v) is 1.65. The van der Waals surface area contributed by atoms with Gasteiger partial charge in [0.2, 0.25) is 5.89 Å². The lowest BCUT2D eigenvalue weighted by Gasteiger charge is -2.11. The molecule has 0 aliphatic carbocycles. The van der Waals surface area contributed by atoms with Crippen LogP contribution in [0.25, 0.3) is 0 Å². The van der Waals surface area contributed by atoms with Crippen molar-refractivity contribution in [3.05, 3.63) is 28.7 Å². The Kier molecular flexibility index (Phi) is 2.98. The highest BCUT2D eigenvalue weighted by Crippen LogP contribution is 2.15. The molecule has 0 amide bonds. The van der Waals surface area contributed by atoms with E-state index in [-0.39, 0.29) is 0 Å². The zero-order valence-electron chi connectivity index (χ0n) is 11.5. The zero-order valence-corrected chi connectivity index (χ0v) is 11.5. The molecule has 0 atom stereocenters. The molecule has 2 N–H and O–H groups in total. The first-order valence-electron chi connectivity index (χ1n) is 5.91. The minimum Gasteiger partial charge on any atom is -0.337 e. The lowest BCUT2D eigenvalue weighted by Crippen LogP contribution is -2.30. The Hall–Kier alpha value is -1.69. The second-order valence-electron chi connectivity index (χ2n) is 5.19.